The third-order valence-corrected chi connectivity index (χ3v) is 5.15. The molecule has 1 aromatic heterocycles. The molecule has 2 atom stereocenters. The molecule has 0 aromatic carbocycles. The quantitative estimate of drug-likeness (QED) is 0.891. The molecule has 5 heteroatoms. The lowest BCUT2D eigenvalue weighted by Crippen LogP contribution is -2.21. The Balaban J connectivity index is 1.67. The van der Waals surface area contributed by atoms with Gasteiger partial charge in [0.25, 0.3) is 0 Å². The monoisotopic (exact) mass is 267 g/mol. The number of aromatic nitrogens is 2. The summed E-state index contributed by atoms with van der Waals surface area (Å²) in [6, 6.07) is 0.304. The van der Waals surface area contributed by atoms with Crippen LogP contribution >= 0.6 is 11.8 Å². The first-order chi connectivity index (χ1) is 8.93. The van der Waals surface area contributed by atoms with E-state index in [0.29, 0.717) is 11.3 Å². The van der Waals surface area contributed by atoms with E-state index in [1.54, 1.807) is 0 Å². The van der Waals surface area contributed by atoms with E-state index in [1.165, 1.54) is 44.3 Å². The highest BCUT2D eigenvalue weighted by Gasteiger charge is 2.25. The van der Waals surface area contributed by atoms with E-state index in [-0.39, 0.29) is 0 Å². The molecule has 2 saturated heterocycles. The molecular weight excluding hydrogens is 246 g/mol. The summed E-state index contributed by atoms with van der Waals surface area (Å²) in [5.74, 6) is 2.95. The van der Waals surface area contributed by atoms with Gasteiger partial charge in [0, 0.05) is 0 Å². The van der Waals surface area contributed by atoms with Gasteiger partial charge in [0.1, 0.15) is 0 Å². The second-order valence-electron chi connectivity index (χ2n) is 5.20. The van der Waals surface area contributed by atoms with Crippen molar-refractivity contribution in [1.29, 1.82) is 0 Å². The van der Waals surface area contributed by atoms with Gasteiger partial charge < -0.3 is 9.84 Å². The molecule has 0 aliphatic carbocycles. The van der Waals surface area contributed by atoms with E-state index < -0.39 is 0 Å². The van der Waals surface area contributed by atoms with Gasteiger partial charge >= 0.3 is 0 Å². The van der Waals surface area contributed by atoms with Crippen molar-refractivity contribution < 1.29 is 4.52 Å². The van der Waals surface area contributed by atoms with Crippen molar-refractivity contribution in [2.45, 2.75) is 56.2 Å². The maximum atomic E-state index is 5.48. The topological polar surface area (TPSA) is 51.0 Å². The van der Waals surface area contributed by atoms with E-state index in [9.17, 15) is 0 Å². The SMILES string of the molecule is C1CCNC(c2noc(C3CCCCS3)n2)CC1. The molecule has 1 N–H and O–H groups in total. The molecule has 2 aliphatic heterocycles. The maximum Gasteiger partial charge on any atom is 0.239 e. The lowest BCUT2D eigenvalue weighted by Gasteiger charge is -2.17. The van der Waals surface area contributed by atoms with Crippen LogP contribution in [-0.4, -0.2) is 22.4 Å². The summed E-state index contributed by atoms with van der Waals surface area (Å²) in [7, 11) is 0. The van der Waals surface area contributed by atoms with E-state index >= 15 is 0 Å². The van der Waals surface area contributed by atoms with Crippen molar-refractivity contribution in [2.24, 2.45) is 0 Å². The fourth-order valence-corrected chi connectivity index (χ4v) is 3.93. The normalized spacial score (nSPS) is 30.0. The summed E-state index contributed by atoms with van der Waals surface area (Å²) in [6.07, 6.45) is 8.77. The number of hydrogen-bond acceptors (Lipinski definition) is 5. The number of nitrogens with one attached hydrogen (secondary N) is 1. The average Bonchev–Trinajstić information content (AvgIpc) is 2.76. The van der Waals surface area contributed by atoms with E-state index in [0.717, 1.165) is 24.7 Å². The second-order valence-corrected chi connectivity index (χ2v) is 6.51. The fraction of sp³-hybridized carbons (Fsp3) is 0.846. The van der Waals surface area contributed by atoms with Crippen molar-refractivity contribution in [3.8, 4) is 0 Å². The van der Waals surface area contributed by atoms with Crippen LogP contribution in [0.2, 0.25) is 0 Å². The molecule has 2 fully saturated rings. The molecule has 0 amide bonds. The molecule has 0 bridgehead atoms. The van der Waals surface area contributed by atoms with Crippen LogP contribution in [0.1, 0.15) is 68.0 Å². The van der Waals surface area contributed by atoms with Crippen LogP contribution < -0.4 is 5.32 Å². The van der Waals surface area contributed by atoms with Gasteiger partial charge in [0.05, 0.1) is 11.3 Å². The Bertz CT molecular complexity index is 368. The largest absolute Gasteiger partial charge is 0.338 e. The number of hydrogen-bond donors (Lipinski definition) is 1. The average molecular weight is 267 g/mol. The summed E-state index contributed by atoms with van der Waals surface area (Å²) < 4.78 is 5.48. The molecule has 3 heterocycles. The molecule has 0 spiro atoms. The van der Waals surface area contributed by atoms with Gasteiger partial charge in [0.15, 0.2) is 5.82 Å². The van der Waals surface area contributed by atoms with Crippen molar-refractivity contribution in [3.05, 3.63) is 11.7 Å². The minimum atomic E-state index is 0.304. The number of thioether (sulfide) groups is 1. The molecule has 1 aromatic rings. The van der Waals surface area contributed by atoms with Crippen molar-refractivity contribution in [3.63, 3.8) is 0 Å². The van der Waals surface area contributed by atoms with Crippen LogP contribution in [0, 0.1) is 0 Å². The zero-order valence-corrected chi connectivity index (χ0v) is 11.5. The van der Waals surface area contributed by atoms with Crippen LogP contribution in [0.5, 0.6) is 0 Å². The Morgan fingerprint density at radius 2 is 2.06 bits per heavy atom. The predicted molar refractivity (Wildman–Crippen MR) is 72.6 cm³/mol. The van der Waals surface area contributed by atoms with Crippen LogP contribution in [0.15, 0.2) is 4.52 Å². The molecule has 100 valence electrons. The highest BCUT2D eigenvalue weighted by atomic mass is 32.2. The minimum Gasteiger partial charge on any atom is -0.338 e. The first-order valence-corrected chi connectivity index (χ1v) is 8.17. The first-order valence-electron chi connectivity index (χ1n) is 7.12. The van der Waals surface area contributed by atoms with Gasteiger partial charge in [0.2, 0.25) is 5.89 Å². The predicted octanol–water partition coefficient (Wildman–Crippen LogP) is 3.23. The van der Waals surface area contributed by atoms with E-state index in [4.69, 9.17) is 4.52 Å². The van der Waals surface area contributed by atoms with Gasteiger partial charge in [-0.2, -0.15) is 4.98 Å². The van der Waals surface area contributed by atoms with Crippen molar-refractivity contribution in [2.75, 3.05) is 12.3 Å². The van der Waals surface area contributed by atoms with E-state index in [1.807, 2.05) is 11.8 Å². The van der Waals surface area contributed by atoms with Crippen molar-refractivity contribution in [1.82, 2.24) is 15.5 Å². The summed E-state index contributed by atoms with van der Waals surface area (Å²) >= 11 is 1.96. The first kappa shape index (κ1) is 12.5. The van der Waals surface area contributed by atoms with Gasteiger partial charge in [-0.25, -0.2) is 0 Å². The molecular formula is C13H21N3OS. The standard InChI is InChI=1S/C13H21N3OS/c1-2-6-10(14-8-4-1)12-15-13(17-16-12)11-7-3-5-9-18-11/h10-11,14H,1-9H2. The second kappa shape index (κ2) is 6.06. The molecule has 18 heavy (non-hydrogen) atoms. The fourth-order valence-electron chi connectivity index (χ4n) is 2.70. The molecule has 4 nitrogen and oxygen atoms in total. The summed E-state index contributed by atoms with van der Waals surface area (Å²) in [6.45, 7) is 1.08. The minimum absolute atomic E-state index is 0.304. The van der Waals surface area contributed by atoms with E-state index in [2.05, 4.69) is 15.5 Å². The third-order valence-electron chi connectivity index (χ3n) is 3.78. The summed E-state index contributed by atoms with van der Waals surface area (Å²) in [4.78, 5) is 4.64. The van der Waals surface area contributed by atoms with Crippen LogP contribution in [0.4, 0.5) is 0 Å². The number of nitrogens with zero attached hydrogens (tertiary/aromatic N) is 2. The summed E-state index contributed by atoms with van der Waals surface area (Å²) in [5, 5.41) is 8.15. The Kier molecular flexibility index (Phi) is 4.20. The van der Waals surface area contributed by atoms with Gasteiger partial charge in [-0.15, -0.1) is 11.8 Å². The molecule has 0 saturated carbocycles. The van der Waals surface area contributed by atoms with Crippen molar-refractivity contribution >= 4 is 11.8 Å². The molecule has 2 aliphatic rings. The highest BCUT2D eigenvalue weighted by molar-refractivity contribution is 7.99. The zero-order valence-electron chi connectivity index (χ0n) is 10.7. The Morgan fingerprint density at radius 1 is 1.11 bits per heavy atom. The lowest BCUT2D eigenvalue weighted by molar-refractivity contribution is 0.357. The Labute approximate surface area is 112 Å². The molecule has 0 radical (unpaired) electrons. The Morgan fingerprint density at radius 3 is 2.94 bits per heavy atom. The third kappa shape index (κ3) is 2.88. The zero-order chi connectivity index (χ0) is 12.2. The van der Waals surface area contributed by atoms with Crippen LogP contribution in [0.25, 0.3) is 0 Å². The van der Waals surface area contributed by atoms with Gasteiger partial charge in [-0.1, -0.05) is 24.4 Å². The molecule has 3 rings (SSSR count). The summed E-state index contributed by atoms with van der Waals surface area (Å²) in [5.41, 5.74) is 0. The Hall–Kier alpha value is -0.550. The smallest absolute Gasteiger partial charge is 0.239 e. The lowest BCUT2D eigenvalue weighted by atomic mass is 10.1. The molecule has 2 unspecified atom stereocenters. The maximum absolute atomic E-state index is 5.48. The van der Waals surface area contributed by atoms with Gasteiger partial charge in [-0.3, -0.25) is 0 Å². The van der Waals surface area contributed by atoms with Gasteiger partial charge in [-0.05, 0) is 38.0 Å². The number of rotatable bonds is 2. The van der Waals surface area contributed by atoms with Crippen LogP contribution in [-0.2, 0) is 0 Å². The highest BCUT2D eigenvalue weighted by Crippen LogP contribution is 2.37. The van der Waals surface area contributed by atoms with Crippen LogP contribution in [0.3, 0.4) is 0 Å².